The first-order valence-electron chi connectivity index (χ1n) is 7.98. The van der Waals surface area contributed by atoms with Crippen LogP contribution in [0.3, 0.4) is 0 Å². The first-order chi connectivity index (χ1) is 11.4. The lowest BCUT2D eigenvalue weighted by Crippen LogP contribution is -2.32. The molecule has 1 aromatic carbocycles. The van der Waals surface area contributed by atoms with Crippen LogP contribution in [0.5, 0.6) is 0 Å². The van der Waals surface area contributed by atoms with E-state index in [0.717, 1.165) is 11.3 Å². The van der Waals surface area contributed by atoms with E-state index in [1.807, 2.05) is 24.3 Å². The highest BCUT2D eigenvalue weighted by atomic mass is 16.5. The van der Waals surface area contributed by atoms with Gasteiger partial charge in [-0.1, -0.05) is 37.2 Å². The van der Waals surface area contributed by atoms with Crippen molar-refractivity contribution in [3.63, 3.8) is 0 Å². The quantitative estimate of drug-likeness (QED) is 0.880. The Balaban J connectivity index is 2.01. The Morgan fingerprint density at radius 1 is 1.29 bits per heavy atom. The van der Waals surface area contributed by atoms with Gasteiger partial charge < -0.3 is 9.84 Å². The first-order valence-corrected chi connectivity index (χ1v) is 7.98. The van der Waals surface area contributed by atoms with E-state index in [2.05, 4.69) is 24.3 Å². The zero-order chi connectivity index (χ0) is 17.7. The summed E-state index contributed by atoms with van der Waals surface area (Å²) in [4.78, 5) is 25.5. The molecular formula is C18H23N3O3. The minimum absolute atomic E-state index is 0.144. The van der Waals surface area contributed by atoms with Crippen LogP contribution in [0.25, 0.3) is 0 Å². The fraction of sp³-hybridized carbons (Fsp3) is 0.389. The van der Waals surface area contributed by atoms with Crippen LogP contribution < -0.4 is 10.2 Å². The molecule has 0 saturated carbocycles. The summed E-state index contributed by atoms with van der Waals surface area (Å²) in [7, 11) is 0. The molecule has 6 heteroatoms. The molecule has 0 spiro atoms. The van der Waals surface area contributed by atoms with Crippen molar-refractivity contribution in [2.24, 2.45) is 0 Å². The second-order valence-electron chi connectivity index (χ2n) is 6.01. The number of aromatic nitrogens is 1. The Hall–Kier alpha value is -2.63. The maximum atomic E-state index is 12.3. The SMILES string of the molecule is CC(=O)N(CCC(=O)Nc1ccccc1C(C)C)c1cc(C)on1. The van der Waals surface area contributed by atoms with Crippen molar-refractivity contribution in [2.45, 2.75) is 40.0 Å². The third kappa shape index (κ3) is 4.44. The van der Waals surface area contributed by atoms with E-state index >= 15 is 0 Å². The molecule has 24 heavy (non-hydrogen) atoms. The van der Waals surface area contributed by atoms with E-state index in [4.69, 9.17) is 4.52 Å². The van der Waals surface area contributed by atoms with E-state index in [0.29, 0.717) is 17.5 Å². The molecule has 0 fully saturated rings. The van der Waals surface area contributed by atoms with Gasteiger partial charge in [0.2, 0.25) is 11.8 Å². The number of carbonyl (C=O) groups excluding carboxylic acids is 2. The molecule has 0 unspecified atom stereocenters. The van der Waals surface area contributed by atoms with Gasteiger partial charge in [0, 0.05) is 31.6 Å². The van der Waals surface area contributed by atoms with Gasteiger partial charge in [-0.05, 0) is 24.5 Å². The van der Waals surface area contributed by atoms with Crippen LogP contribution in [0, 0.1) is 6.92 Å². The summed E-state index contributed by atoms with van der Waals surface area (Å²) in [5, 5.41) is 6.76. The summed E-state index contributed by atoms with van der Waals surface area (Å²) >= 11 is 0. The summed E-state index contributed by atoms with van der Waals surface area (Å²) in [6.45, 7) is 7.60. The molecule has 0 bridgehead atoms. The molecular weight excluding hydrogens is 306 g/mol. The highest BCUT2D eigenvalue weighted by Gasteiger charge is 2.17. The molecule has 1 heterocycles. The van der Waals surface area contributed by atoms with Gasteiger partial charge in [0.15, 0.2) is 5.82 Å². The zero-order valence-corrected chi connectivity index (χ0v) is 14.5. The number of nitrogens with zero attached hydrogens (tertiary/aromatic N) is 2. The number of hydrogen-bond donors (Lipinski definition) is 1. The zero-order valence-electron chi connectivity index (χ0n) is 14.5. The number of carbonyl (C=O) groups is 2. The number of hydrogen-bond acceptors (Lipinski definition) is 4. The Morgan fingerprint density at radius 2 is 2.00 bits per heavy atom. The standard InChI is InChI=1S/C18H23N3O3/c1-12(2)15-7-5-6-8-16(15)19-18(23)9-10-21(14(4)22)17-11-13(3)24-20-17/h5-8,11-12H,9-10H2,1-4H3,(H,19,23). The van der Waals surface area contributed by atoms with Gasteiger partial charge in [-0.2, -0.15) is 0 Å². The summed E-state index contributed by atoms with van der Waals surface area (Å²) in [5.41, 5.74) is 1.89. The lowest BCUT2D eigenvalue weighted by molar-refractivity contribution is -0.117. The second-order valence-corrected chi connectivity index (χ2v) is 6.01. The van der Waals surface area contributed by atoms with Crippen LogP contribution in [0.2, 0.25) is 0 Å². The summed E-state index contributed by atoms with van der Waals surface area (Å²) < 4.78 is 5.00. The molecule has 0 aliphatic heterocycles. The third-order valence-corrected chi connectivity index (χ3v) is 3.69. The molecule has 0 atom stereocenters. The number of para-hydroxylation sites is 1. The number of nitrogens with one attached hydrogen (secondary N) is 1. The van der Waals surface area contributed by atoms with Crippen LogP contribution in [0.15, 0.2) is 34.9 Å². The van der Waals surface area contributed by atoms with Crippen molar-refractivity contribution >= 4 is 23.3 Å². The molecule has 0 saturated heterocycles. The van der Waals surface area contributed by atoms with Crippen LogP contribution >= 0.6 is 0 Å². The summed E-state index contributed by atoms with van der Waals surface area (Å²) in [6.07, 6.45) is 0.178. The fourth-order valence-electron chi connectivity index (χ4n) is 2.45. The van der Waals surface area contributed by atoms with Crippen LogP contribution in [0.1, 0.15) is 44.4 Å². The minimum Gasteiger partial charge on any atom is -0.360 e. The highest BCUT2D eigenvalue weighted by Crippen LogP contribution is 2.23. The number of amides is 2. The second kappa shape index (κ2) is 7.77. The van der Waals surface area contributed by atoms with Gasteiger partial charge in [-0.3, -0.25) is 14.5 Å². The van der Waals surface area contributed by atoms with Gasteiger partial charge in [-0.25, -0.2) is 0 Å². The monoisotopic (exact) mass is 329 g/mol. The topological polar surface area (TPSA) is 75.4 Å². The summed E-state index contributed by atoms with van der Waals surface area (Å²) in [6, 6.07) is 9.40. The average molecular weight is 329 g/mol. The largest absolute Gasteiger partial charge is 0.360 e. The van der Waals surface area contributed by atoms with Gasteiger partial charge >= 0.3 is 0 Å². The number of benzene rings is 1. The maximum Gasteiger partial charge on any atom is 0.226 e. The predicted octanol–water partition coefficient (Wildman–Crippen LogP) is 3.49. The molecule has 1 N–H and O–H groups in total. The van der Waals surface area contributed by atoms with E-state index < -0.39 is 0 Å². The molecule has 0 radical (unpaired) electrons. The summed E-state index contributed by atoms with van der Waals surface area (Å²) in [5.74, 6) is 1.03. The third-order valence-electron chi connectivity index (χ3n) is 3.69. The van der Waals surface area contributed by atoms with Crippen molar-refractivity contribution in [3.8, 4) is 0 Å². The van der Waals surface area contributed by atoms with Crippen LogP contribution in [0.4, 0.5) is 11.5 Å². The molecule has 1 aromatic heterocycles. The molecule has 2 amide bonds. The predicted molar refractivity (Wildman–Crippen MR) is 93.0 cm³/mol. The van der Waals surface area contributed by atoms with Crippen LogP contribution in [-0.4, -0.2) is 23.5 Å². The first kappa shape index (κ1) is 17.7. The molecule has 0 aliphatic carbocycles. The number of aryl methyl sites for hydroxylation is 1. The molecule has 2 rings (SSSR count). The van der Waals surface area contributed by atoms with Crippen molar-refractivity contribution in [2.75, 3.05) is 16.8 Å². The van der Waals surface area contributed by atoms with Gasteiger partial charge in [0.05, 0.1) is 0 Å². The van der Waals surface area contributed by atoms with Crippen molar-refractivity contribution in [1.29, 1.82) is 0 Å². The van der Waals surface area contributed by atoms with E-state index in [1.54, 1.807) is 13.0 Å². The van der Waals surface area contributed by atoms with E-state index in [9.17, 15) is 9.59 Å². The molecule has 0 aliphatic rings. The van der Waals surface area contributed by atoms with Gasteiger partial charge in [0.1, 0.15) is 5.76 Å². The molecule has 128 valence electrons. The fourth-order valence-corrected chi connectivity index (χ4v) is 2.45. The Labute approximate surface area is 141 Å². The smallest absolute Gasteiger partial charge is 0.226 e. The number of anilines is 2. The minimum atomic E-state index is -0.182. The maximum absolute atomic E-state index is 12.3. The molecule has 6 nitrogen and oxygen atoms in total. The van der Waals surface area contributed by atoms with Gasteiger partial charge in [0.25, 0.3) is 0 Å². The average Bonchev–Trinajstić information content (AvgIpc) is 2.93. The van der Waals surface area contributed by atoms with Crippen LogP contribution in [-0.2, 0) is 9.59 Å². The van der Waals surface area contributed by atoms with Crippen molar-refractivity contribution < 1.29 is 14.1 Å². The molecule has 2 aromatic rings. The Kier molecular flexibility index (Phi) is 5.73. The highest BCUT2D eigenvalue weighted by molar-refractivity contribution is 5.94. The van der Waals surface area contributed by atoms with E-state index in [-0.39, 0.29) is 24.8 Å². The lowest BCUT2D eigenvalue weighted by atomic mass is 10.0. The normalized spacial score (nSPS) is 10.7. The Morgan fingerprint density at radius 3 is 2.58 bits per heavy atom. The number of rotatable bonds is 6. The lowest BCUT2D eigenvalue weighted by Gasteiger charge is -2.18. The van der Waals surface area contributed by atoms with Crippen molar-refractivity contribution in [1.82, 2.24) is 5.16 Å². The van der Waals surface area contributed by atoms with E-state index in [1.165, 1.54) is 11.8 Å². The van der Waals surface area contributed by atoms with Crippen molar-refractivity contribution in [3.05, 3.63) is 41.7 Å². The Bertz CT molecular complexity index is 722. The van der Waals surface area contributed by atoms with Gasteiger partial charge in [-0.15, -0.1) is 0 Å².